The van der Waals surface area contributed by atoms with Gasteiger partial charge in [-0.05, 0) is 31.5 Å². The molecule has 0 radical (unpaired) electrons. The van der Waals surface area contributed by atoms with Crippen LogP contribution in [0.1, 0.15) is 12.8 Å². The number of nitrogens with zero attached hydrogens (tertiary/aromatic N) is 3. The zero-order chi connectivity index (χ0) is 17.7. The summed E-state index contributed by atoms with van der Waals surface area (Å²) in [7, 11) is 3.86. The van der Waals surface area contributed by atoms with Gasteiger partial charge in [0.1, 0.15) is 12.4 Å². The molecule has 1 aromatic carbocycles. The van der Waals surface area contributed by atoms with Gasteiger partial charge in [0.15, 0.2) is 5.96 Å². The van der Waals surface area contributed by atoms with Crippen molar-refractivity contribution in [2.45, 2.75) is 12.8 Å². The standard InChI is InChI=1S/C19H32N4O2/c1-20-19(21-10-6-7-11-23-13-15-24-16-14-23)22(2)12-17-25-18-8-4-3-5-9-18/h3-5,8-9H,6-7,10-17H2,1-2H3,(H,20,21). The Balaban J connectivity index is 1.55. The van der Waals surface area contributed by atoms with E-state index < -0.39 is 0 Å². The summed E-state index contributed by atoms with van der Waals surface area (Å²) < 4.78 is 11.1. The van der Waals surface area contributed by atoms with Crippen LogP contribution >= 0.6 is 0 Å². The molecule has 1 heterocycles. The van der Waals surface area contributed by atoms with Crippen molar-refractivity contribution in [2.24, 2.45) is 4.99 Å². The fraction of sp³-hybridized carbons (Fsp3) is 0.632. The Morgan fingerprint density at radius 1 is 1.24 bits per heavy atom. The van der Waals surface area contributed by atoms with E-state index in [4.69, 9.17) is 9.47 Å². The first-order chi connectivity index (χ1) is 12.3. The second-order valence-electron chi connectivity index (χ2n) is 6.22. The Labute approximate surface area is 151 Å². The summed E-state index contributed by atoms with van der Waals surface area (Å²) in [6, 6.07) is 9.90. The van der Waals surface area contributed by atoms with E-state index in [1.165, 1.54) is 6.42 Å². The highest BCUT2D eigenvalue weighted by molar-refractivity contribution is 5.79. The summed E-state index contributed by atoms with van der Waals surface area (Å²) >= 11 is 0. The molecule has 25 heavy (non-hydrogen) atoms. The molecule has 1 aliphatic rings. The van der Waals surface area contributed by atoms with E-state index in [0.29, 0.717) is 6.61 Å². The zero-order valence-electron chi connectivity index (χ0n) is 15.6. The molecule has 140 valence electrons. The van der Waals surface area contributed by atoms with E-state index in [0.717, 1.165) is 64.1 Å². The van der Waals surface area contributed by atoms with Gasteiger partial charge in [-0.1, -0.05) is 18.2 Å². The molecule has 0 atom stereocenters. The highest BCUT2D eigenvalue weighted by Gasteiger charge is 2.09. The first-order valence-corrected chi connectivity index (χ1v) is 9.19. The van der Waals surface area contributed by atoms with E-state index in [-0.39, 0.29) is 0 Å². The molecule has 0 aliphatic carbocycles. The number of benzene rings is 1. The summed E-state index contributed by atoms with van der Waals surface area (Å²) in [6.07, 6.45) is 2.34. The van der Waals surface area contributed by atoms with Crippen molar-refractivity contribution in [1.29, 1.82) is 0 Å². The van der Waals surface area contributed by atoms with Gasteiger partial charge in [0.05, 0.1) is 19.8 Å². The van der Waals surface area contributed by atoms with Crippen LogP contribution in [-0.2, 0) is 4.74 Å². The predicted molar refractivity (Wildman–Crippen MR) is 102 cm³/mol. The van der Waals surface area contributed by atoms with Crippen molar-refractivity contribution in [3.8, 4) is 5.75 Å². The van der Waals surface area contributed by atoms with Crippen molar-refractivity contribution in [3.63, 3.8) is 0 Å². The summed E-state index contributed by atoms with van der Waals surface area (Å²) in [5, 5.41) is 3.43. The lowest BCUT2D eigenvalue weighted by atomic mass is 10.2. The minimum Gasteiger partial charge on any atom is -0.492 e. The van der Waals surface area contributed by atoms with Crippen LogP contribution in [-0.4, -0.2) is 82.4 Å². The Hall–Kier alpha value is -1.79. The number of rotatable bonds is 9. The van der Waals surface area contributed by atoms with Gasteiger partial charge >= 0.3 is 0 Å². The topological polar surface area (TPSA) is 49.3 Å². The maximum absolute atomic E-state index is 5.74. The number of hydrogen-bond donors (Lipinski definition) is 1. The lowest BCUT2D eigenvalue weighted by Crippen LogP contribution is -2.41. The fourth-order valence-electron chi connectivity index (χ4n) is 2.79. The predicted octanol–water partition coefficient (Wildman–Crippen LogP) is 1.69. The zero-order valence-corrected chi connectivity index (χ0v) is 15.6. The third-order valence-corrected chi connectivity index (χ3v) is 4.30. The van der Waals surface area contributed by atoms with E-state index in [9.17, 15) is 0 Å². The van der Waals surface area contributed by atoms with Crippen LogP contribution in [0.4, 0.5) is 0 Å². The third kappa shape index (κ3) is 7.75. The number of likely N-dealkylation sites (N-methyl/N-ethyl adjacent to an activating group) is 1. The Kier molecular flexibility index (Phi) is 9.15. The SMILES string of the molecule is CN=C(NCCCCN1CCOCC1)N(C)CCOc1ccccc1. The number of hydrogen-bond acceptors (Lipinski definition) is 4. The lowest BCUT2D eigenvalue weighted by molar-refractivity contribution is 0.0372. The van der Waals surface area contributed by atoms with E-state index >= 15 is 0 Å². The number of para-hydroxylation sites is 1. The minimum atomic E-state index is 0.637. The largest absolute Gasteiger partial charge is 0.492 e. The van der Waals surface area contributed by atoms with Gasteiger partial charge < -0.3 is 19.7 Å². The van der Waals surface area contributed by atoms with Gasteiger partial charge in [0.2, 0.25) is 0 Å². The third-order valence-electron chi connectivity index (χ3n) is 4.30. The first kappa shape index (κ1) is 19.5. The van der Waals surface area contributed by atoms with Crippen molar-refractivity contribution in [2.75, 3.05) is 66.6 Å². The Bertz CT molecular complexity index is 489. The molecule has 0 amide bonds. The molecule has 0 saturated carbocycles. The Morgan fingerprint density at radius 2 is 2.00 bits per heavy atom. The molecule has 0 spiro atoms. The summed E-state index contributed by atoms with van der Waals surface area (Å²) in [4.78, 5) is 8.93. The van der Waals surface area contributed by atoms with Crippen molar-refractivity contribution < 1.29 is 9.47 Å². The maximum Gasteiger partial charge on any atom is 0.193 e. The van der Waals surface area contributed by atoms with Crippen LogP contribution in [0, 0.1) is 0 Å². The molecule has 0 unspecified atom stereocenters. The molecule has 0 bridgehead atoms. The van der Waals surface area contributed by atoms with Gasteiger partial charge in [0, 0.05) is 33.7 Å². The molecule has 6 heteroatoms. The molecule has 1 aromatic rings. The van der Waals surface area contributed by atoms with Crippen LogP contribution in [0.5, 0.6) is 5.75 Å². The Morgan fingerprint density at radius 3 is 2.72 bits per heavy atom. The second kappa shape index (κ2) is 11.7. The molecule has 1 N–H and O–H groups in total. The number of nitrogens with one attached hydrogen (secondary N) is 1. The van der Waals surface area contributed by atoms with Crippen LogP contribution in [0.2, 0.25) is 0 Å². The highest BCUT2D eigenvalue weighted by atomic mass is 16.5. The number of unbranched alkanes of at least 4 members (excludes halogenated alkanes) is 1. The maximum atomic E-state index is 5.74. The molecular weight excluding hydrogens is 316 g/mol. The second-order valence-corrected chi connectivity index (χ2v) is 6.22. The average molecular weight is 348 g/mol. The van der Waals surface area contributed by atoms with Gasteiger partial charge in [-0.3, -0.25) is 9.89 Å². The van der Waals surface area contributed by atoms with E-state index in [2.05, 4.69) is 20.1 Å². The molecule has 6 nitrogen and oxygen atoms in total. The first-order valence-electron chi connectivity index (χ1n) is 9.19. The van der Waals surface area contributed by atoms with E-state index in [1.54, 1.807) is 0 Å². The molecule has 1 fully saturated rings. The average Bonchev–Trinajstić information content (AvgIpc) is 2.66. The van der Waals surface area contributed by atoms with Gasteiger partial charge in [-0.15, -0.1) is 0 Å². The molecule has 1 saturated heterocycles. The lowest BCUT2D eigenvalue weighted by Gasteiger charge is -2.26. The highest BCUT2D eigenvalue weighted by Crippen LogP contribution is 2.07. The number of ether oxygens (including phenoxy) is 2. The molecule has 2 rings (SSSR count). The van der Waals surface area contributed by atoms with Gasteiger partial charge in [0.25, 0.3) is 0 Å². The number of aliphatic imine (C=N–C) groups is 1. The number of guanidine groups is 1. The summed E-state index contributed by atoms with van der Waals surface area (Å²) in [5.74, 6) is 1.82. The van der Waals surface area contributed by atoms with E-state index in [1.807, 2.05) is 44.4 Å². The molecule has 0 aromatic heterocycles. The van der Waals surface area contributed by atoms with Crippen LogP contribution in [0.15, 0.2) is 35.3 Å². The minimum absolute atomic E-state index is 0.637. The quantitative estimate of drug-likeness (QED) is 0.418. The smallest absolute Gasteiger partial charge is 0.193 e. The van der Waals surface area contributed by atoms with Gasteiger partial charge in [-0.2, -0.15) is 0 Å². The van der Waals surface area contributed by atoms with Crippen molar-refractivity contribution >= 4 is 5.96 Å². The summed E-state index contributed by atoms with van der Waals surface area (Å²) in [6.45, 7) is 7.42. The van der Waals surface area contributed by atoms with Crippen molar-refractivity contribution in [3.05, 3.63) is 30.3 Å². The van der Waals surface area contributed by atoms with Gasteiger partial charge in [-0.25, -0.2) is 0 Å². The normalized spacial score (nSPS) is 15.8. The van der Waals surface area contributed by atoms with Crippen LogP contribution in [0.3, 0.4) is 0 Å². The summed E-state index contributed by atoms with van der Waals surface area (Å²) in [5.41, 5.74) is 0. The fourth-order valence-corrected chi connectivity index (χ4v) is 2.79. The number of morpholine rings is 1. The monoisotopic (exact) mass is 348 g/mol. The van der Waals surface area contributed by atoms with Crippen LogP contribution < -0.4 is 10.1 Å². The van der Waals surface area contributed by atoms with Crippen molar-refractivity contribution in [1.82, 2.24) is 15.1 Å². The van der Waals surface area contributed by atoms with Crippen LogP contribution in [0.25, 0.3) is 0 Å². The molecular formula is C19H32N4O2. The molecule has 1 aliphatic heterocycles.